The number of hydrogen-bond acceptors (Lipinski definition) is 2. The molecule has 0 aliphatic carbocycles. The molecule has 0 rings (SSSR count). The maximum atomic E-state index is 10.4. The van der Waals surface area contributed by atoms with Gasteiger partial charge in [-0.25, -0.2) is 0 Å². The highest BCUT2D eigenvalue weighted by atomic mass is 16.3. The molecule has 2 nitrogen and oxygen atoms in total. The van der Waals surface area contributed by atoms with Crippen LogP contribution in [0.15, 0.2) is 12.2 Å². The maximum absolute atomic E-state index is 10.4. The minimum Gasteiger partial charge on any atom is -0.393 e. The first kappa shape index (κ1) is 10.4. The lowest BCUT2D eigenvalue weighted by Crippen LogP contribution is -2.03. The van der Waals surface area contributed by atoms with Gasteiger partial charge in [0.15, 0.2) is 5.78 Å². The van der Waals surface area contributed by atoms with Crippen LogP contribution in [-0.4, -0.2) is 17.0 Å². The molecule has 0 aliphatic heterocycles. The number of rotatable bonds is 5. The topological polar surface area (TPSA) is 37.3 Å². The van der Waals surface area contributed by atoms with Crippen LogP contribution in [0, 0.1) is 0 Å². The quantitative estimate of drug-likeness (QED) is 0.615. The molecule has 0 aliphatic rings. The molecule has 1 atom stereocenters. The Balaban J connectivity index is 3.44. The fourth-order valence-corrected chi connectivity index (χ4v) is 0.842. The van der Waals surface area contributed by atoms with E-state index in [0.29, 0.717) is 6.42 Å². The lowest BCUT2D eigenvalue weighted by Gasteiger charge is -2.03. The Hall–Kier alpha value is -0.630. The van der Waals surface area contributed by atoms with Crippen LogP contribution in [0.2, 0.25) is 0 Å². The van der Waals surface area contributed by atoms with Gasteiger partial charge in [-0.15, -0.1) is 0 Å². The van der Waals surface area contributed by atoms with Crippen molar-refractivity contribution in [2.75, 3.05) is 0 Å². The maximum Gasteiger partial charge on any atom is 0.152 e. The van der Waals surface area contributed by atoms with Crippen molar-refractivity contribution in [3.8, 4) is 0 Å². The van der Waals surface area contributed by atoms with E-state index in [4.69, 9.17) is 0 Å². The Morgan fingerprint density at radius 2 is 2.27 bits per heavy atom. The summed E-state index contributed by atoms with van der Waals surface area (Å²) >= 11 is 0. The SMILES string of the molecule is CCC[C@@H](O)C/C=C/C(C)=O. The summed E-state index contributed by atoms with van der Waals surface area (Å²) in [5.41, 5.74) is 0. The summed E-state index contributed by atoms with van der Waals surface area (Å²) in [5.74, 6) is 0.0358. The van der Waals surface area contributed by atoms with Crippen LogP contribution >= 0.6 is 0 Å². The smallest absolute Gasteiger partial charge is 0.152 e. The van der Waals surface area contributed by atoms with Gasteiger partial charge >= 0.3 is 0 Å². The Labute approximate surface area is 67.9 Å². The third-order valence-corrected chi connectivity index (χ3v) is 1.38. The molecule has 0 radical (unpaired) electrons. The van der Waals surface area contributed by atoms with Crippen molar-refractivity contribution in [3.05, 3.63) is 12.2 Å². The van der Waals surface area contributed by atoms with Crippen LogP contribution in [0.3, 0.4) is 0 Å². The Morgan fingerprint density at radius 1 is 1.64 bits per heavy atom. The largest absolute Gasteiger partial charge is 0.393 e. The molecule has 0 aromatic heterocycles. The summed E-state index contributed by atoms with van der Waals surface area (Å²) < 4.78 is 0. The van der Waals surface area contributed by atoms with Crippen LogP contribution in [0.1, 0.15) is 33.1 Å². The Kier molecular flexibility index (Phi) is 5.75. The molecule has 2 heteroatoms. The molecular weight excluding hydrogens is 140 g/mol. The van der Waals surface area contributed by atoms with Crippen LogP contribution in [0.4, 0.5) is 0 Å². The fraction of sp³-hybridized carbons (Fsp3) is 0.667. The normalized spacial score (nSPS) is 13.7. The molecule has 11 heavy (non-hydrogen) atoms. The summed E-state index contributed by atoms with van der Waals surface area (Å²) in [6.45, 7) is 3.53. The van der Waals surface area contributed by atoms with Gasteiger partial charge in [0.25, 0.3) is 0 Å². The monoisotopic (exact) mass is 156 g/mol. The van der Waals surface area contributed by atoms with Crippen molar-refractivity contribution in [3.63, 3.8) is 0 Å². The molecule has 0 unspecified atom stereocenters. The predicted molar refractivity (Wildman–Crippen MR) is 45.4 cm³/mol. The number of ketones is 1. The molecular formula is C9H16O2. The Morgan fingerprint density at radius 3 is 2.73 bits per heavy atom. The first-order valence-corrected chi connectivity index (χ1v) is 4.02. The van der Waals surface area contributed by atoms with Gasteiger partial charge in [-0.2, -0.15) is 0 Å². The number of carbonyl (C=O) groups excluding carboxylic acids is 1. The zero-order valence-electron chi connectivity index (χ0n) is 7.21. The van der Waals surface area contributed by atoms with E-state index in [0.717, 1.165) is 12.8 Å². The second-order valence-corrected chi connectivity index (χ2v) is 2.69. The zero-order valence-corrected chi connectivity index (χ0v) is 7.21. The minimum absolute atomic E-state index is 0.0358. The van der Waals surface area contributed by atoms with Gasteiger partial charge < -0.3 is 5.11 Å². The molecule has 0 saturated heterocycles. The van der Waals surface area contributed by atoms with Crippen LogP contribution in [0.5, 0.6) is 0 Å². The summed E-state index contributed by atoms with van der Waals surface area (Å²) in [7, 11) is 0. The summed E-state index contributed by atoms with van der Waals surface area (Å²) in [6, 6.07) is 0. The highest BCUT2D eigenvalue weighted by Gasteiger charge is 1.97. The summed E-state index contributed by atoms with van der Waals surface area (Å²) in [6.07, 6.45) is 5.32. The van der Waals surface area contributed by atoms with Gasteiger partial charge in [-0.1, -0.05) is 19.4 Å². The van der Waals surface area contributed by atoms with E-state index < -0.39 is 0 Å². The first-order valence-electron chi connectivity index (χ1n) is 4.02. The van der Waals surface area contributed by atoms with Gasteiger partial charge in [-0.05, 0) is 25.8 Å². The van der Waals surface area contributed by atoms with Gasteiger partial charge in [-0.3, -0.25) is 4.79 Å². The molecule has 0 spiro atoms. The van der Waals surface area contributed by atoms with E-state index in [1.165, 1.54) is 13.0 Å². The van der Waals surface area contributed by atoms with Crippen molar-refractivity contribution < 1.29 is 9.90 Å². The average Bonchev–Trinajstić information content (AvgIpc) is 1.87. The zero-order chi connectivity index (χ0) is 8.69. The molecule has 0 heterocycles. The third-order valence-electron chi connectivity index (χ3n) is 1.38. The number of aliphatic hydroxyl groups is 1. The molecule has 1 N–H and O–H groups in total. The summed E-state index contributed by atoms with van der Waals surface area (Å²) in [4.78, 5) is 10.4. The predicted octanol–water partition coefficient (Wildman–Crippen LogP) is 1.68. The van der Waals surface area contributed by atoms with Gasteiger partial charge in [0, 0.05) is 0 Å². The van der Waals surface area contributed by atoms with Crippen LogP contribution in [0.25, 0.3) is 0 Å². The first-order chi connectivity index (χ1) is 5.16. The van der Waals surface area contributed by atoms with E-state index in [-0.39, 0.29) is 11.9 Å². The molecule has 0 amide bonds. The molecule has 0 bridgehead atoms. The number of carbonyl (C=O) groups is 1. The van der Waals surface area contributed by atoms with Gasteiger partial charge in [0.05, 0.1) is 6.10 Å². The highest BCUT2D eigenvalue weighted by Crippen LogP contribution is 2.01. The van der Waals surface area contributed by atoms with E-state index in [9.17, 15) is 9.90 Å². The van der Waals surface area contributed by atoms with Crippen molar-refractivity contribution in [1.82, 2.24) is 0 Å². The second kappa shape index (κ2) is 6.10. The molecule has 0 aromatic rings. The number of aliphatic hydroxyl groups excluding tert-OH is 1. The average molecular weight is 156 g/mol. The highest BCUT2D eigenvalue weighted by molar-refractivity contribution is 5.87. The van der Waals surface area contributed by atoms with E-state index in [1.807, 2.05) is 6.92 Å². The standard InChI is InChI=1S/C9H16O2/c1-3-5-9(11)7-4-6-8(2)10/h4,6,9,11H,3,5,7H2,1-2H3/b6-4+/t9-/m1/s1. The van der Waals surface area contributed by atoms with E-state index in [1.54, 1.807) is 6.08 Å². The van der Waals surface area contributed by atoms with Gasteiger partial charge in [0.2, 0.25) is 0 Å². The second-order valence-electron chi connectivity index (χ2n) is 2.69. The third kappa shape index (κ3) is 7.26. The molecule has 64 valence electrons. The minimum atomic E-state index is -0.282. The van der Waals surface area contributed by atoms with Crippen molar-refractivity contribution in [2.45, 2.75) is 39.2 Å². The lowest BCUT2D eigenvalue weighted by molar-refractivity contribution is -0.112. The van der Waals surface area contributed by atoms with Crippen molar-refractivity contribution >= 4 is 5.78 Å². The van der Waals surface area contributed by atoms with E-state index >= 15 is 0 Å². The van der Waals surface area contributed by atoms with E-state index in [2.05, 4.69) is 0 Å². The molecule has 0 saturated carbocycles. The van der Waals surface area contributed by atoms with Crippen LogP contribution < -0.4 is 0 Å². The van der Waals surface area contributed by atoms with Gasteiger partial charge in [0.1, 0.15) is 0 Å². The summed E-state index contributed by atoms with van der Waals surface area (Å²) in [5, 5.41) is 9.20. The molecule has 0 aromatic carbocycles. The number of hydrogen-bond donors (Lipinski definition) is 1. The number of allylic oxidation sites excluding steroid dienone is 1. The van der Waals surface area contributed by atoms with Crippen LogP contribution in [-0.2, 0) is 4.79 Å². The van der Waals surface area contributed by atoms with Crippen molar-refractivity contribution in [1.29, 1.82) is 0 Å². The molecule has 0 fully saturated rings. The van der Waals surface area contributed by atoms with Crippen molar-refractivity contribution in [2.24, 2.45) is 0 Å². The Bertz CT molecular complexity index is 138. The fourth-order valence-electron chi connectivity index (χ4n) is 0.842. The lowest BCUT2D eigenvalue weighted by atomic mass is 10.1.